The van der Waals surface area contributed by atoms with Crippen LogP contribution in [0.2, 0.25) is 0 Å². The van der Waals surface area contributed by atoms with Gasteiger partial charge in [-0.1, -0.05) is 20.8 Å². The number of nitrogens with one attached hydrogen (secondary N) is 2. The van der Waals surface area contributed by atoms with Crippen molar-refractivity contribution in [3.8, 4) is 0 Å². The maximum Gasteiger partial charge on any atom is 0.224 e. The van der Waals surface area contributed by atoms with E-state index in [9.17, 15) is 9.18 Å². The highest BCUT2D eigenvalue weighted by Gasteiger charge is 2.16. The molecule has 1 amide bonds. The Morgan fingerprint density at radius 1 is 1.33 bits per heavy atom. The van der Waals surface area contributed by atoms with Crippen LogP contribution < -0.4 is 15.5 Å². The van der Waals surface area contributed by atoms with Gasteiger partial charge in [0.25, 0.3) is 0 Å². The molecule has 0 radical (unpaired) electrons. The molecule has 5 heteroatoms. The number of hydrogen-bond donors (Lipinski definition) is 2. The topological polar surface area (TPSA) is 44.4 Å². The molecule has 0 heterocycles. The summed E-state index contributed by atoms with van der Waals surface area (Å²) in [6, 6.07) is 5.10. The Morgan fingerprint density at radius 2 is 2.00 bits per heavy atom. The Hall–Kier alpha value is -1.62. The molecular formula is C16H26FN3O. The number of carbonyl (C=O) groups is 1. The number of anilines is 1. The Morgan fingerprint density at radius 3 is 2.57 bits per heavy atom. The highest BCUT2D eigenvalue weighted by atomic mass is 19.1. The first-order valence-corrected chi connectivity index (χ1v) is 7.29. The standard InChI is InChI=1S/C16H26FN3O/c1-11(2)19-9-13-8-14(17)6-7-15(13)20(5)10-12(3)16(21)18-4/h6-8,11-12,19H,9-10H2,1-5H3,(H,18,21). The van der Waals surface area contributed by atoms with Gasteiger partial charge in [0.1, 0.15) is 5.82 Å². The number of carbonyl (C=O) groups excluding carboxylic acids is 1. The molecule has 0 spiro atoms. The van der Waals surface area contributed by atoms with E-state index < -0.39 is 0 Å². The smallest absolute Gasteiger partial charge is 0.224 e. The molecular weight excluding hydrogens is 269 g/mol. The molecule has 0 aliphatic rings. The molecule has 0 fully saturated rings. The first kappa shape index (κ1) is 17.4. The molecule has 0 saturated carbocycles. The zero-order valence-corrected chi connectivity index (χ0v) is 13.5. The van der Waals surface area contributed by atoms with Gasteiger partial charge in [-0.3, -0.25) is 4.79 Å². The molecule has 0 aliphatic heterocycles. The lowest BCUT2D eigenvalue weighted by atomic mass is 10.1. The van der Waals surface area contributed by atoms with E-state index in [0.717, 1.165) is 11.3 Å². The minimum atomic E-state index is -0.243. The fraction of sp³-hybridized carbons (Fsp3) is 0.562. The van der Waals surface area contributed by atoms with Gasteiger partial charge in [0.05, 0.1) is 5.92 Å². The Balaban J connectivity index is 2.87. The van der Waals surface area contributed by atoms with Gasteiger partial charge in [0.2, 0.25) is 5.91 Å². The summed E-state index contributed by atoms with van der Waals surface area (Å²) in [6.07, 6.45) is 0. The summed E-state index contributed by atoms with van der Waals surface area (Å²) < 4.78 is 13.5. The minimum absolute atomic E-state index is 0.00539. The van der Waals surface area contributed by atoms with Crippen LogP contribution in [-0.2, 0) is 11.3 Å². The van der Waals surface area contributed by atoms with Gasteiger partial charge in [0.15, 0.2) is 0 Å². The maximum atomic E-state index is 13.5. The molecule has 0 aliphatic carbocycles. The average molecular weight is 295 g/mol. The first-order chi connectivity index (χ1) is 9.85. The second-order valence-corrected chi connectivity index (χ2v) is 5.70. The van der Waals surface area contributed by atoms with Crippen molar-refractivity contribution in [2.45, 2.75) is 33.4 Å². The summed E-state index contributed by atoms with van der Waals surface area (Å²) >= 11 is 0. The first-order valence-electron chi connectivity index (χ1n) is 7.29. The largest absolute Gasteiger partial charge is 0.374 e. The predicted octanol–water partition coefficient (Wildman–Crippen LogP) is 2.14. The quantitative estimate of drug-likeness (QED) is 0.810. The summed E-state index contributed by atoms with van der Waals surface area (Å²) in [5.74, 6) is -0.367. The Kier molecular flexibility index (Phi) is 6.62. The fourth-order valence-corrected chi connectivity index (χ4v) is 2.22. The van der Waals surface area contributed by atoms with E-state index in [1.807, 2.05) is 18.9 Å². The molecule has 1 aromatic rings. The van der Waals surface area contributed by atoms with Gasteiger partial charge in [-0.2, -0.15) is 0 Å². The summed E-state index contributed by atoms with van der Waals surface area (Å²) in [5.41, 5.74) is 1.84. The number of benzene rings is 1. The number of nitrogens with zero attached hydrogens (tertiary/aromatic N) is 1. The van der Waals surface area contributed by atoms with Crippen LogP contribution in [0.15, 0.2) is 18.2 Å². The van der Waals surface area contributed by atoms with Crippen LogP contribution in [0.3, 0.4) is 0 Å². The Bertz CT molecular complexity index is 477. The van der Waals surface area contributed by atoms with Crippen LogP contribution in [0.5, 0.6) is 0 Å². The summed E-state index contributed by atoms with van der Waals surface area (Å²) in [7, 11) is 3.56. The average Bonchev–Trinajstić information content (AvgIpc) is 2.43. The molecule has 21 heavy (non-hydrogen) atoms. The summed E-state index contributed by atoms with van der Waals surface area (Å²) in [5, 5.41) is 5.95. The van der Waals surface area contributed by atoms with Crippen molar-refractivity contribution in [2.75, 3.05) is 25.5 Å². The van der Waals surface area contributed by atoms with Gasteiger partial charge >= 0.3 is 0 Å². The monoisotopic (exact) mass is 295 g/mol. The summed E-state index contributed by atoms with van der Waals surface area (Å²) in [4.78, 5) is 13.6. The van der Waals surface area contributed by atoms with Crippen molar-refractivity contribution in [1.29, 1.82) is 0 Å². The van der Waals surface area contributed by atoms with Crippen LogP contribution in [0.25, 0.3) is 0 Å². The van der Waals surface area contributed by atoms with Crippen molar-refractivity contribution in [1.82, 2.24) is 10.6 Å². The second kappa shape index (κ2) is 7.98. The molecule has 0 bridgehead atoms. The lowest BCUT2D eigenvalue weighted by Crippen LogP contribution is -2.35. The van der Waals surface area contributed by atoms with E-state index in [4.69, 9.17) is 0 Å². The zero-order chi connectivity index (χ0) is 16.0. The minimum Gasteiger partial charge on any atom is -0.374 e. The van der Waals surface area contributed by atoms with Crippen LogP contribution in [0.1, 0.15) is 26.3 Å². The molecule has 4 nitrogen and oxygen atoms in total. The highest BCUT2D eigenvalue weighted by molar-refractivity contribution is 5.78. The van der Waals surface area contributed by atoms with Crippen molar-refractivity contribution >= 4 is 11.6 Å². The van der Waals surface area contributed by atoms with Gasteiger partial charge in [-0.05, 0) is 23.8 Å². The second-order valence-electron chi connectivity index (χ2n) is 5.70. The van der Waals surface area contributed by atoms with Crippen LogP contribution in [0, 0.1) is 11.7 Å². The zero-order valence-electron chi connectivity index (χ0n) is 13.5. The van der Waals surface area contributed by atoms with E-state index in [1.54, 1.807) is 19.2 Å². The van der Waals surface area contributed by atoms with Crippen molar-refractivity contribution < 1.29 is 9.18 Å². The maximum absolute atomic E-state index is 13.5. The van der Waals surface area contributed by atoms with Gasteiger partial charge in [-0.15, -0.1) is 0 Å². The highest BCUT2D eigenvalue weighted by Crippen LogP contribution is 2.22. The van der Waals surface area contributed by atoms with Gasteiger partial charge in [0, 0.05) is 38.9 Å². The van der Waals surface area contributed by atoms with E-state index >= 15 is 0 Å². The normalized spacial score (nSPS) is 12.3. The third-order valence-corrected chi connectivity index (χ3v) is 3.40. The molecule has 1 atom stereocenters. The van der Waals surface area contributed by atoms with Crippen molar-refractivity contribution in [3.05, 3.63) is 29.6 Å². The molecule has 0 saturated heterocycles. The predicted molar refractivity (Wildman–Crippen MR) is 84.9 cm³/mol. The molecule has 1 aromatic carbocycles. The van der Waals surface area contributed by atoms with Crippen LogP contribution in [-0.4, -0.2) is 32.6 Å². The van der Waals surface area contributed by atoms with Crippen LogP contribution in [0.4, 0.5) is 10.1 Å². The van der Waals surface area contributed by atoms with E-state index in [2.05, 4.69) is 24.5 Å². The molecule has 118 valence electrons. The number of amides is 1. The third-order valence-electron chi connectivity index (χ3n) is 3.40. The van der Waals surface area contributed by atoms with Gasteiger partial charge < -0.3 is 15.5 Å². The fourth-order valence-electron chi connectivity index (χ4n) is 2.22. The number of halogens is 1. The lowest BCUT2D eigenvalue weighted by Gasteiger charge is -2.25. The van der Waals surface area contributed by atoms with E-state index in [-0.39, 0.29) is 17.6 Å². The number of hydrogen-bond acceptors (Lipinski definition) is 3. The molecule has 0 aromatic heterocycles. The molecule has 1 rings (SSSR count). The SMILES string of the molecule is CNC(=O)C(C)CN(C)c1ccc(F)cc1CNC(C)C. The third kappa shape index (κ3) is 5.34. The number of rotatable bonds is 7. The van der Waals surface area contributed by atoms with Gasteiger partial charge in [-0.25, -0.2) is 4.39 Å². The van der Waals surface area contributed by atoms with E-state index in [1.165, 1.54) is 6.07 Å². The molecule has 1 unspecified atom stereocenters. The van der Waals surface area contributed by atoms with Crippen molar-refractivity contribution in [3.63, 3.8) is 0 Å². The summed E-state index contributed by atoms with van der Waals surface area (Å²) in [6.45, 7) is 7.17. The van der Waals surface area contributed by atoms with Crippen molar-refractivity contribution in [2.24, 2.45) is 5.92 Å². The lowest BCUT2D eigenvalue weighted by molar-refractivity contribution is -0.123. The molecule has 2 N–H and O–H groups in total. The van der Waals surface area contributed by atoms with E-state index in [0.29, 0.717) is 19.1 Å². The Labute approximate surface area is 126 Å². The van der Waals surface area contributed by atoms with Crippen LogP contribution >= 0.6 is 0 Å².